The number of halogens is 3. The van der Waals surface area contributed by atoms with Gasteiger partial charge in [0.25, 0.3) is 0 Å². The van der Waals surface area contributed by atoms with Gasteiger partial charge in [0.1, 0.15) is 22.7 Å². The molecule has 1 aliphatic heterocycles. The van der Waals surface area contributed by atoms with E-state index in [0.717, 1.165) is 23.9 Å². The second-order valence-corrected chi connectivity index (χ2v) is 10.1. The fourth-order valence-corrected chi connectivity index (χ4v) is 5.27. The molecular weight excluding hydrogens is 543 g/mol. The van der Waals surface area contributed by atoms with E-state index >= 15 is 0 Å². The summed E-state index contributed by atoms with van der Waals surface area (Å²) in [7, 11) is 0. The van der Waals surface area contributed by atoms with Crippen LogP contribution in [0.2, 0.25) is 0 Å². The molecule has 5 aromatic rings. The van der Waals surface area contributed by atoms with Gasteiger partial charge in [0.15, 0.2) is 11.9 Å². The van der Waals surface area contributed by atoms with Crippen molar-refractivity contribution in [2.24, 2.45) is 0 Å². The van der Waals surface area contributed by atoms with Gasteiger partial charge in [-0.2, -0.15) is 18.3 Å². The third-order valence-corrected chi connectivity index (χ3v) is 7.35. The van der Waals surface area contributed by atoms with E-state index < -0.39 is 18.0 Å². The van der Waals surface area contributed by atoms with Crippen molar-refractivity contribution < 1.29 is 22.6 Å². The van der Waals surface area contributed by atoms with Crippen LogP contribution in [0.1, 0.15) is 38.0 Å². The van der Waals surface area contributed by atoms with Crippen LogP contribution in [0.5, 0.6) is 5.75 Å². The molecule has 1 saturated heterocycles. The van der Waals surface area contributed by atoms with E-state index in [1.807, 2.05) is 31.4 Å². The molecule has 0 spiro atoms. The standard InChI is InChI=1S/C27H26F3N7O2S/c1-3-38-17-10-11-20-22-24(34-37(21-9-4-5-12-39-21)25(22)35-36(20)15-17)23-19(27(28,29)30)14-31-26(33-23)32-16-7-6-8-18(13-16)40-2/h6-8,10-11,13-15,21H,3-5,9,12H2,1-2H3,(H,31,32,33). The maximum atomic E-state index is 14.3. The predicted molar refractivity (Wildman–Crippen MR) is 146 cm³/mol. The van der Waals surface area contributed by atoms with Gasteiger partial charge in [-0.15, -0.1) is 16.9 Å². The SMILES string of the molecule is CCOc1ccc2c3c(-c4nc(Nc5cccc(SC)c5)ncc4C(F)(F)F)nn(C4CCCCO4)c3nn2c1. The zero-order valence-corrected chi connectivity index (χ0v) is 22.6. The monoisotopic (exact) mass is 569 g/mol. The van der Waals surface area contributed by atoms with Crippen LogP contribution in [0, 0.1) is 0 Å². The molecule has 0 aliphatic carbocycles. The zero-order chi connectivity index (χ0) is 27.9. The Balaban J connectivity index is 1.56. The van der Waals surface area contributed by atoms with Crippen LogP contribution in [-0.2, 0) is 10.9 Å². The molecule has 0 saturated carbocycles. The Bertz CT molecular complexity index is 1680. The molecule has 0 bridgehead atoms. The lowest BCUT2D eigenvalue weighted by Crippen LogP contribution is -2.19. The first-order chi connectivity index (χ1) is 19.4. The van der Waals surface area contributed by atoms with Crippen molar-refractivity contribution in [3.8, 4) is 17.1 Å². The lowest BCUT2D eigenvalue weighted by molar-refractivity contribution is -0.137. The number of pyridine rings is 1. The van der Waals surface area contributed by atoms with Crippen LogP contribution in [0.3, 0.4) is 0 Å². The van der Waals surface area contributed by atoms with Gasteiger partial charge in [-0.05, 0) is 62.8 Å². The largest absolute Gasteiger partial charge is 0.492 e. The number of nitrogens with one attached hydrogen (secondary N) is 1. The van der Waals surface area contributed by atoms with Crippen LogP contribution in [0.25, 0.3) is 27.9 Å². The summed E-state index contributed by atoms with van der Waals surface area (Å²) in [5.74, 6) is 0.611. The minimum absolute atomic E-state index is 0.0213. The maximum absolute atomic E-state index is 14.3. The van der Waals surface area contributed by atoms with E-state index in [-0.39, 0.29) is 17.3 Å². The van der Waals surface area contributed by atoms with Gasteiger partial charge < -0.3 is 14.8 Å². The molecule has 1 fully saturated rings. The molecule has 6 rings (SSSR count). The Morgan fingerprint density at radius 1 is 1.15 bits per heavy atom. The Hall–Kier alpha value is -3.84. The number of fused-ring (bicyclic) bond motifs is 3. The minimum Gasteiger partial charge on any atom is -0.492 e. The highest BCUT2D eigenvalue weighted by Crippen LogP contribution is 2.41. The van der Waals surface area contributed by atoms with Gasteiger partial charge in [-0.3, -0.25) is 0 Å². The van der Waals surface area contributed by atoms with Gasteiger partial charge in [0.05, 0.1) is 23.7 Å². The van der Waals surface area contributed by atoms with Crippen molar-refractivity contribution in [3.05, 3.63) is 54.4 Å². The topological polar surface area (TPSA) is 91.4 Å². The summed E-state index contributed by atoms with van der Waals surface area (Å²) in [6.45, 7) is 2.87. The molecule has 4 aromatic heterocycles. The summed E-state index contributed by atoms with van der Waals surface area (Å²) < 4.78 is 57.7. The lowest BCUT2D eigenvalue weighted by Gasteiger charge is -2.22. The second kappa shape index (κ2) is 10.6. The Labute approximate surface area is 231 Å². The summed E-state index contributed by atoms with van der Waals surface area (Å²) in [6, 6.07) is 11.0. The number of alkyl halides is 3. The van der Waals surface area contributed by atoms with E-state index in [4.69, 9.17) is 14.6 Å². The van der Waals surface area contributed by atoms with Gasteiger partial charge in [-0.1, -0.05) is 6.07 Å². The first-order valence-electron chi connectivity index (χ1n) is 12.9. The van der Waals surface area contributed by atoms with E-state index in [9.17, 15) is 13.2 Å². The Morgan fingerprint density at radius 2 is 2.02 bits per heavy atom. The van der Waals surface area contributed by atoms with Crippen molar-refractivity contribution in [3.63, 3.8) is 0 Å². The Kier molecular flexibility index (Phi) is 7.00. The number of thioether (sulfide) groups is 1. The molecule has 1 unspecified atom stereocenters. The molecule has 1 aromatic carbocycles. The zero-order valence-electron chi connectivity index (χ0n) is 21.8. The van der Waals surface area contributed by atoms with Gasteiger partial charge in [-0.25, -0.2) is 19.2 Å². The number of nitrogens with zero attached hydrogens (tertiary/aromatic N) is 6. The fraction of sp³-hybridized carbons (Fsp3) is 0.333. The lowest BCUT2D eigenvalue weighted by atomic mass is 10.1. The molecule has 1 N–H and O–H groups in total. The number of anilines is 2. The van der Waals surface area contributed by atoms with Crippen LogP contribution in [0.15, 0.2) is 53.7 Å². The van der Waals surface area contributed by atoms with E-state index in [2.05, 4.69) is 20.4 Å². The van der Waals surface area contributed by atoms with Crippen LogP contribution in [0.4, 0.5) is 24.8 Å². The van der Waals surface area contributed by atoms with Gasteiger partial charge in [0, 0.05) is 23.4 Å². The average Bonchev–Trinajstić information content (AvgIpc) is 3.50. The van der Waals surface area contributed by atoms with Gasteiger partial charge in [0.2, 0.25) is 5.95 Å². The summed E-state index contributed by atoms with van der Waals surface area (Å²) in [4.78, 5) is 9.36. The third-order valence-electron chi connectivity index (χ3n) is 6.63. The highest BCUT2D eigenvalue weighted by Gasteiger charge is 2.38. The molecule has 13 heteroatoms. The molecule has 0 amide bonds. The molecule has 5 heterocycles. The van der Waals surface area contributed by atoms with Crippen LogP contribution in [-0.4, -0.2) is 48.8 Å². The van der Waals surface area contributed by atoms with Crippen molar-refractivity contribution in [2.75, 3.05) is 24.8 Å². The summed E-state index contributed by atoms with van der Waals surface area (Å²) in [5, 5.41) is 12.8. The first kappa shape index (κ1) is 26.4. The first-order valence-corrected chi connectivity index (χ1v) is 14.1. The third kappa shape index (κ3) is 4.94. The number of rotatable bonds is 7. The van der Waals surface area contributed by atoms with Crippen molar-refractivity contribution in [1.82, 2.24) is 29.4 Å². The van der Waals surface area contributed by atoms with Crippen LogP contribution >= 0.6 is 11.8 Å². The number of benzene rings is 1. The quantitative estimate of drug-likeness (QED) is 0.216. The number of aromatic nitrogens is 6. The second-order valence-electron chi connectivity index (χ2n) is 9.25. The number of hydrogen-bond donors (Lipinski definition) is 1. The van der Waals surface area contributed by atoms with E-state index in [1.165, 1.54) is 0 Å². The highest BCUT2D eigenvalue weighted by atomic mass is 32.2. The molecule has 9 nitrogen and oxygen atoms in total. The van der Waals surface area contributed by atoms with E-state index in [1.54, 1.807) is 45.4 Å². The number of ether oxygens (including phenoxy) is 2. The summed E-state index contributed by atoms with van der Waals surface area (Å²) in [6.07, 6.45) is 1.76. The smallest absolute Gasteiger partial charge is 0.420 e. The molecule has 1 aliphatic rings. The van der Waals surface area contributed by atoms with Crippen LogP contribution < -0.4 is 10.1 Å². The molecule has 208 valence electrons. The van der Waals surface area contributed by atoms with Crippen molar-refractivity contribution in [1.29, 1.82) is 0 Å². The maximum Gasteiger partial charge on any atom is 0.420 e. The summed E-state index contributed by atoms with van der Waals surface area (Å²) >= 11 is 1.55. The minimum atomic E-state index is -4.71. The van der Waals surface area contributed by atoms with Crippen molar-refractivity contribution >= 4 is 39.9 Å². The molecular formula is C27H26F3N7O2S. The average molecular weight is 570 g/mol. The summed E-state index contributed by atoms with van der Waals surface area (Å²) in [5.41, 5.74) is 0.364. The van der Waals surface area contributed by atoms with Gasteiger partial charge >= 0.3 is 6.18 Å². The predicted octanol–water partition coefficient (Wildman–Crippen LogP) is 6.72. The normalized spacial score (nSPS) is 16.1. The fourth-order valence-electron chi connectivity index (χ4n) is 4.81. The Morgan fingerprint density at radius 3 is 2.77 bits per heavy atom. The molecule has 1 atom stereocenters. The highest BCUT2D eigenvalue weighted by molar-refractivity contribution is 7.98. The molecule has 40 heavy (non-hydrogen) atoms. The van der Waals surface area contributed by atoms with Crippen molar-refractivity contribution in [2.45, 2.75) is 43.5 Å². The number of hydrogen-bond acceptors (Lipinski definition) is 8. The van der Waals surface area contributed by atoms with E-state index in [0.29, 0.717) is 47.6 Å². The molecule has 0 radical (unpaired) electrons.